The number of carbonyl (C=O) groups is 2. The van der Waals surface area contributed by atoms with Gasteiger partial charge >= 0.3 is 19.8 Å². The SMILES string of the molecule is CC/C=C\C/C=C\C/C=C\C/C=C\CCCCCCCCCCCCC(=O)OC(COC(=O)CCCCCCCCCCCCCCCCCCCCCCCCCCCCCCC/C=C\CCCCCCCCCC)COP(=O)(O)OCCN. The lowest BCUT2D eigenvalue weighted by Crippen LogP contribution is -2.29. The molecule has 2 unspecified atom stereocenters. The van der Waals surface area contributed by atoms with E-state index in [1.165, 1.54) is 270 Å². The Hall–Kier alpha value is -2.29. The summed E-state index contributed by atoms with van der Waals surface area (Å²) in [6, 6.07) is 0. The Balaban J connectivity index is 3.74. The molecule has 0 rings (SSSR count). The minimum atomic E-state index is -4.39. The normalized spacial score (nSPS) is 13.2. The van der Waals surface area contributed by atoms with Gasteiger partial charge in [0, 0.05) is 19.4 Å². The Morgan fingerprint density at radius 2 is 0.647 bits per heavy atom. The number of hydrogen-bond donors (Lipinski definition) is 2. The van der Waals surface area contributed by atoms with Crippen molar-refractivity contribution in [3.63, 3.8) is 0 Å². The fourth-order valence-electron chi connectivity index (χ4n) is 11.0. The monoisotopic (exact) mass is 1210 g/mol. The molecule has 0 aliphatic rings. The van der Waals surface area contributed by atoms with Crippen LogP contribution in [-0.2, 0) is 32.7 Å². The minimum Gasteiger partial charge on any atom is -0.462 e. The van der Waals surface area contributed by atoms with Crippen molar-refractivity contribution in [2.45, 2.75) is 380 Å². The first-order valence-corrected chi connectivity index (χ1v) is 38.3. The average molecular weight is 1210 g/mol. The molecule has 0 spiro atoms. The third-order valence-corrected chi connectivity index (χ3v) is 17.4. The maximum Gasteiger partial charge on any atom is 0.472 e. The molecule has 0 aromatic heterocycles. The van der Waals surface area contributed by atoms with E-state index in [0.717, 1.165) is 70.6 Å². The molecule has 3 N–H and O–H groups in total. The van der Waals surface area contributed by atoms with Gasteiger partial charge in [-0.15, -0.1) is 0 Å². The van der Waals surface area contributed by atoms with Gasteiger partial charge in [0.2, 0.25) is 0 Å². The number of phosphoric acid groups is 1. The molecular formula is C75H140NO8P. The molecule has 9 nitrogen and oxygen atoms in total. The molecule has 0 saturated carbocycles. The lowest BCUT2D eigenvalue weighted by Gasteiger charge is -2.19. The van der Waals surface area contributed by atoms with E-state index in [0.29, 0.717) is 6.42 Å². The van der Waals surface area contributed by atoms with Crippen LogP contribution in [0.4, 0.5) is 0 Å². The zero-order valence-corrected chi connectivity index (χ0v) is 57.0. The summed E-state index contributed by atoms with van der Waals surface area (Å²) in [7, 11) is -4.39. The first-order chi connectivity index (χ1) is 41.8. The highest BCUT2D eigenvalue weighted by molar-refractivity contribution is 7.47. The predicted molar refractivity (Wildman–Crippen MR) is 367 cm³/mol. The van der Waals surface area contributed by atoms with E-state index in [9.17, 15) is 19.0 Å². The van der Waals surface area contributed by atoms with E-state index >= 15 is 0 Å². The second kappa shape index (κ2) is 70.8. The highest BCUT2D eigenvalue weighted by Gasteiger charge is 2.26. The smallest absolute Gasteiger partial charge is 0.462 e. The van der Waals surface area contributed by atoms with Crippen molar-refractivity contribution in [3.8, 4) is 0 Å². The Bertz CT molecular complexity index is 1580. The molecule has 10 heteroatoms. The first kappa shape index (κ1) is 82.7. The standard InChI is InChI=1S/C75H140NO8P/c1-3-5-7-9-11-13-15-17-19-21-23-25-27-28-29-30-31-32-33-34-35-36-37-38-39-40-41-42-43-44-46-47-49-51-53-55-57-59-61-63-65-67-74(77)81-71-73(72-83-85(79,80)82-70-69-76)84-75(78)68-66-64-62-60-58-56-54-52-50-48-45-26-24-22-20-18-16-14-12-10-8-6-4-2/h6,8,12,14,18,20-21,23-24,26,73H,3-5,7,9-11,13,15-17,19,22,25,27-72,76H2,1-2H3,(H,79,80)/b8-6-,14-12-,20-18-,23-21-,26-24-. The number of rotatable bonds is 70. The number of hydrogen-bond acceptors (Lipinski definition) is 8. The Kier molecular flexibility index (Phi) is 68.9. The van der Waals surface area contributed by atoms with Gasteiger partial charge in [0.25, 0.3) is 0 Å². The van der Waals surface area contributed by atoms with E-state index in [4.69, 9.17) is 24.3 Å². The maximum atomic E-state index is 12.7. The van der Waals surface area contributed by atoms with Gasteiger partial charge in [-0.2, -0.15) is 0 Å². The van der Waals surface area contributed by atoms with E-state index in [-0.39, 0.29) is 38.6 Å². The molecule has 0 saturated heterocycles. The predicted octanol–water partition coefficient (Wildman–Crippen LogP) is 24.2. The molecule has 0 aliphatic heterocycles. The van der Waals surface area contributed by atoms with Gasteiger partial charge in [-0.3, -0.25) is 18.6 Å². The van der Waals surface area contributed by atoms with Gasteiger partial charge in [0.15, 0.2) is 6.10 Å². The van der Waals surface area contributed by atoms with Crippen molar-refractivity contribution < 1.29 is 37.6 Å². The summed E-state index contributed by atoms with van der Waals surface area (Å²) >= 11 is 0. The molecular weight excluding hydrogens is 1070 g/mol. The summed E-state index contributed by atoms with van der Waals surface area (Å²) in [5, 5.41) is 0. The molecule has 0 bridgehead atoms. The lowest BCUT2D eigenvalue weighted by molar-refractivity contribution is -0.161. The van der Waals surface area contributed by atoms with Crippen LogP contribution in [-0.4, -0.2) is 49.3 Å². The number of nitrogens with two attached hydrogens (primary N) is 1. The summed E-state index contributed by atoms with van der Waals surface area (Å²) in [6.45, 7) is 3.68. The van der Waals surface area contributed by atoms with Crippen molar-refractivity contribution in [1.29, 1.82) is 0 Å². The van der Waals surface area contributed by atoms with Crippen molar-refractivity contribution in [1.82, 2.24) is 0 Å². The van der Waals surface area contributed by atoms with Crippen LogP contribution in [0.5, 0.6) is 0 Å². The van der Waals surface area contributed by atoms with Crippen molar-refractivity contribution in [2.75, 3.05) is 26.4 Å². The van der Waals surface area contributed by atoms with Crippen LogP contribution in [0, 0.1) is 0 Å². The van der Waals surface area contributed by atoms with Gasteiger partial charge in [0.05, 0.1) is 13.2 Å². The van der Waals surface area contributed by atoms with E-state index < -0.39 is 26.5 Å². The van der Waals surface area contributed by atoms with E-state index in [1.807, 2.05) is 0 Å². The molecule has 0 aromatic rings. The Morgan fingerprint density at radius 1 is 0.365 bits per heavy atom. The zero-order valence-electron chi connectivity index (χ0n) is 56.1. The largest absolute Gasteiger partial charge is 0.472 e. The number of esters is 2. The number of phosphoric ester groups is 1. The molecule has 2 atom stereocenters. The molecule has 0 radical (unpaired) electrons. The van der Waals surface area contributed by atoms with Gasteiger partial charge in [-0.25, -0.2) is 4.57 Å². The van der Waals surface area contributed by atoms with Crippen molar-refractivity contribution in [3.05, 3.63) is 60.8 Å². The topological polar surface area (TPSA) is 134 Å². The second-order valence-corrected chi connectivity index (χ2v) is 26.2. The second-order valence-electron chi connectivity index (χ2n) is 24.8. The third kappa shape index (κ3) is 70.7. The average Bonchev–Trinajstić information content (AvgIpc) is 3.52. The highest BCUT2D eigenvalue weighted by atomic mass is 31.2. The number of allylic oxidation sites excluding steroid dienone is 10. The van der Waals surface area contributed by atoms with Crippen LogP contribution >= 0.6 is 7.82 Å². The van der Waals surface area contributed by atoms with Gasteiger partial charge < -0.3 is 20.1 Å². The van der Waals surface area contributed by atoms with Gasteiger partial charge in [-0.1, -0.05) is 344 Å². The summed E-state index contributed by atoms with van der Waals surface area (Å²) in [5.74, 6) is -0.817. The molecule has 0 fully saturated rings. The van der Waals surface area contributed by atoms with Crippen LogP contribution in [0.15, 0.2) is 60.8 Å². The highest BCUT2D eigenvalue weighted by Crippen LogP contribution is 2.43. The van der Waals surface area contributed by atoms with Crippen LogP contribution in [0.2, 0.25) is 0 Å². The van der Waals surface area contributed by atoms with E-state index in [2.05, 4.69) is 74.6 Å². The summed E-state index contributed by atoms with van der Waals surface area (Å²) in [5.41, 5.74) is 5.40. The van der Waals surface area contributed by atoms with Crippen molar-refractivity contribution in [2.24, 2.45) is 5.73 Å². The maximum absolute atomic E-state index is 12.7. The lowest BCUT2D eigenvalue weighted by atomic mass is 10.0. The quantitative estimate of drug-likeness (QED) is 0.0264. The van der Waals surface area contributed by atoms with Gasteiger partial charge in [0.1, 0.15) is 6.61 Å². The van der Waals surface area contributed by atoms with Crippen LogP contribution in [0.25, 0.3) is 0 Å². The van der Waals surface area contributed by atoms with Crippen molar-refractivity contribution >= 4 is 19.8 Å². The summed E-state index contributed by atoms with van der Waals surface area (Å²) < 4.78 is 33.2. The number of carbonyl (C=O) groups excluding carboxylic acids is 2. The molecule has 0 heterocycles. The fourth-order valence-corrected chi connectivity index (χ4v) is 11.7. The van der Waals surface area contributed by atoms with Crippen LogP contribution in [0.3, 0.4) is 0 Å². The van der Waals surface area contributed by atoms with Crippen LogP contribution in [0.1, 0.15) is 373 Å². The number of unbranched alkanes of at least 4 members (excludes halogenated alkanes) is 47. The fraction of sp³-hybridized carbons (Fsp3) is 0.840. The number of ether oxygens (including phenoxy) is 2. The molecule has 0 aliphatic carbocycles. The third-order valence-electron chi connectivity index (χ3n) is 16.4. The Labute approximate surface area is 527 Å². The summed E-state index contributed by atoms with van der Waals surface area (Å²) in [4.78, 5) is 35.3. The first-order valence-electron chi connectivity index (χ1n) is 36.8. The van der Waals surface area contributed by atoms with E-state index in [1.54, 1.807) is 0 Å². The zero-order chi connectivity index (χ0) is 61.6. The Morgan fingerprint density at radius 3 is 0.976 bits per heavy atom. The molecule has 498 valence electrons. The molecule has 0 amide bonds. The summed E-state index contributed by atoms with van der Waals surface area (Å²) in [6.07, 6.45) is 92.1. The molecule has 85 heavy (non-hydrogen) atoms. The minimum absolute atomic E-state index is 0.0525. The van der Waals surface area contributed by atoms with Gasteiger partial charge in [-0.05, 0) is 77.0 Å². The van der Waals surface area contributed by atoms with Crippen LogP contribution < -0.4 is 5.73 Å². The molecule has 0 aromatic carbocycles.